The Morgan fingerprint density at radius 1 is 0.778 bits per heavy atom. The summed E-state index contributed by atoms with van der Waals surface area (Å²) >= 11 is 0. The summed E-state index contributed by atoms with van der Waals surface area (Å²) in [6.07, 6.45) is 5.49. The minimum atomic E-state index is -3.64. The zero-order valence-corrected chi connectivity index (χ0v) is 22.6. The predicted molar refractivity (Wildman–Crippen MR) is 147 cm³/mol. The van der Waals surface area contributed by atoms with Gasteiger partial charge in [-0.2, -0.15) is 18.2 Å². The topological polar surface area (TPSA) is 73.9 Å². The number of hydrogen-bond donors (Lipinski definition) is 1. The number of nitrogens with one attached hydrogen (secondary N) is 1. The molecule has 0 radical (unpaired) electrons. The van der Waals surface area contributed by atoms with Gasteiger partial charge in [0, 0.05) is 7.05 Å². The monoisotopic (exact) mass is 511 g/mol. The average molecular weight is 512 g/mol. The van der Waals surface area contributed by atoms with E-state index in [1.807, 2.05) is 55.5 Å². The van der Waals surface area contributed by atoms with E-state index in [1.54, 1.807) is 26.4 Å². The summed E-state index contributed by atoms with van der Waals surface area (Å²) in [5.41, 5.74) is 6.78. The molecule has 7 heteroatoms. The smallest absolute Gasteiger partial charge is 0.312 e. The average Bonchev–Trinajstić information content (AvgIpc) is 2.86. The number of benzene rings is 3. The molecule has 194 valence electrons. The van der Waals surface area contributed by atoms with Crippen molar-refractivity contribution in [1.29, 1.82) is 0 Å². The molecule has 0 saturated heterocycles. The van der Waals surface area contributed by atoms with Crippen LogP contribution in [0.4, 0.5) is 0 Å². The van der Waals surface area contributed by atoms with Gasteiger partial charge in [0.1, 0.15) is 11.5 Å². The zero-order valence-electron chi connectivity index (χ0n) is 21.8. The van der Waals surface area contributed by atoms with Crippen molar-refractivity contribution in [1.82, 2.24) is 5.48 Å². The van der Waals surface area contributed by atoms with Crippen molar-refractivity contribution in [2.45, 2.75) is 31.6 Å². The SMILES string of the molecule is C=CCc1cc(C)ccc1OC.C=CCc1ccccc1OC.CNOS(=O)(=O)c1ccc(C)cc1. The van der Waals surface area contributed by atoms with E-state index in [0.29, 0.717) is 0 Å². The van der Waals surface area contributed by atoms with Gasteiger partial charge in [0.2, 0.25) is 0 Å². The van der Waals surface area contributed by atoms with Gasteiger partial charge in [0.25, 0.3) is 0 Å². The van der Waals surface area contributed by atoms with Crippen LogP contribution >= 0.6 is 0 Å². The summed E-state index contributed by atoms with van der Waals surface area (Å²) < 4.78 is 37.3. The molecular weight excluding hydrogens is 474 g/mol. The number of hydrogen-bond acceptors (Lipinski definition) is 6. The fraction of sp³-hybridized carbons (Fsp3) is 0.241. The standard InChI is InChI=1S/C11H14O.C10H12O.C8H11NO3S/c1-4-5-10-8-9(2)6-7-11(10)12-3;1-3-6-9-7-4-5-8-10(9)11-2;1-7-3-5-8(6-4-7)13(10,11)12-9-2/h4,6-8H,1,5H2,2-3H3;3-5,7-8H,1,6H2,2H3;3-6,9H,1-2H3. The van der Waals surface area contributed by atoms with Gasteiger partial charge >= 0.3 is 10.1 Å². The molecule has 0 amide bonds. The normalized spacial score (nSPS) is 10.1. The molecule has 0 aliphatic heterocycles. The Balaban J connectivity index is 0.000000271. The number of ether oxygens (including phenoxy) is 2. The summed E-state index contributed by atoms with van der Waals surface area (Å²) in [6.45, 7) is 11.3. The molecule has 0 aromatic heterocycles. The lowest BCUT2D eigenvalue weighted by atomic mass is 10.1. The molecule has 0 spiro atoms. The molecule has 36 heavy (non-hydrogen) atoms. The molecular formula is C29H37NO5S. The molecule has 6 nitrogen and oxygen atoms in total. The van der Waals surface area contributed by atoms with E-state index in [4.69, 9.17) is 9.47 Å². The van der Waals surface area contributed by atoms with Crippen LogP contribution in [-0.4, -0.2) is 29.7 Å². The molecule has 0 bridgehead atoms. The predicted octanol–water partition coefficient (Wildman–Crippen LogP) is 5.99. The maximum Gasteiger partial charge on any atom is 0.312 e. The van der Waals surface area contributed by atoms with Crippen LogP contribution in [0.25, 0.3) is 0 Å². The van der Waals surface area contributed by atoms with Gasteiger partial charge in [-0.15, -0.1) is 13.2 Å². The molecule has 3 aromatic carbocycles. The van der Waals surface area contributed by atoms with E-state index in [2.05, 4.69) is 35.9 Å². The highest BCUT2D eigenvalue weighted by atomic mass is 32.2. The molecule has 3 rings (SSSR count). The second-order valence-corrected chi connectivity index (χ2v) is 9.21. The van der Waals surface area contributed by atoms with Gasteiger partial charge in [0.15, 0.2) is 0 Å². The van der Waals surface area contributed by atoms with Crippen molar-refractivity contribution in [3.8, 4) is 11.5 Å². The first-order valence-corrected chi connectivity index (χ1v) is 12.8. The number of hydroxylamine groups is 1. The molecule has 0 heterocycles. The molecule has 0 unspecified atom stereocenters. The van der Waals surface area contributed by atoms with Crippen molar-refractivity contribution in [2.75, 3.05) is 21.3 Å². The number of allylic oxidation sites excluding steroid dienone is 2. The second-order valence-electron chi connectivity index (χ2n) is 7.67. The molecule has 3 aromatic rings. The summed E-state index contributed by atoms with van der Waals surface area (Å²) in [5, 5.41) is 0. The van der Waals surface area contributed by atoms with Crippen molar-refractivity contribution < 1.29 is 22.2 Å². The van der Waals surface area contributed by atoms with Crippen molar-refractivity contribution in [3.05, 3.63) is 114 Å². The third-order valence-corrected chi connectivity index (χ3v) is 6.10. The highest BCUT2D eigenvalue weighted by molar-refractivity contribution is 7.86. The van der Waals surface area contributed by atoms with Crippen LogP contribution in [0, 0.1) is 13.8 Å². The third kappa shape index (κ3) is 10.5. The third-order valence-electron chi connectivity index (χ3n) is 4.86. The van der Waals surface area contributed by atoms with Gasteiger partial charge < -0.3 is 9.47 Å². The summed E-state index contributed by atoms with van der Waals surface area (Å²) in [5.74, 6) is 1.88. The fourth-order valence-corrected chi connectivity index (χ4v) is 3.90. The van der Waals surface area contributed by atoms with Crippen LogP contribution in [0.2, 0.25) is 0 Å². The molecule has 0 aliphatic carbocycles. The highest BCUT2D eigenvalue weighted by Crippen LogP contribution is 2.20. The van der Waals surface area contributed by atoms with Gasteiger partial charge in [-0.25, -0.2) is 0 Å². The van der Waals surface area contributed by atoms with Crippen molar-refractivity contribution >= 4 is 10.1 Å². The van der Waals surface area contributed by atoms with E-state index in [1.165, 1.54) is 35.9 Å². The minimum absolute atomic E-state index is 0.146. The maximum atomic E-state index is 11.3. The fourth-order valence-electron chi connectivity index (χ4n) is 3.11. The Morgan fingerprint density at radius 3 is 1.86 bits per heavy atom. The molecule has 0 atom stereocenters. The van der Waals surface area contributed by atoms with Gasteiger partial charge in [-0.05, 0) is 62.1 Å². The first-order valence-electron chi connectivity index (χ1n) is 11.4. The van der Waals surface area contributed by atoms with Crippen LogP contribution in [0.15, 0.2) is 96.9 Å². The van der Waals surface area contributed by atoms with E-state index in [9.17, 15) is 8.42 Å². The molecule has 1 N–H and O–H groups in total. The van der Waals surface area contributed by atoms with E-state index in [-0.39, 0.29) is 4.90 Å². The highest BCUT2D eigenvalue weighted by Gasteiger charge is 2.13. The Hall–Kier alpha value is -3.39. The first-order chi connectivity index (χ1) is 17.2. The van der Waals surface area contributed by atoms with Gasteiger partial charge in [-0.1, -0.05) is 65.7 Å². The van der Waals surface area contributed by atoms with Crippen LogP contribution in [0.5, 0.6) is 11.5 Å². The van der Waals surface area contributed by atoms with Crippen LogP contribution in [0.3, 0.4) is 0 Å². The van der Waals surface area contributed by atoms with E-state index in [0.717, 1.165) is 29.9 Å². The second kappa shape index (κ2) is 16.3. The Morgan fingerprint density at radius 2 is 1.31 bits per heavy atom. The Kier molecular flexibility index (Phi) is 13.9. The largest absolute Gasteiger partial charge is 0.496 e. The van der Waals surface area contributed by atoms with Crippen molar-refractivity contribution in [3.63, 3.8) is 0 Å². The van der Waals surface area contributed by atoms with Crippen molar-refractivity contribution in [2.24, 2.45) is 0 Å². The van der Waals surface area contributed by atoms with Gasteiger partial charge in [0.05, 0.1) is 19.1 Å². The van der Waals surface area contributed by atoms with E-state index < -0.39 is 10.1 Å². The first kappa shape index (κ1) is 30.6. The summed E-state index contributed by atoms with van der Waals surface area (Å²) in [6, 6.07) is 20.6. The molecule has 0 aliphatic rings. The van der Waals surface area contributed by atoms with Crippen LogP contribution in [0.1, 0.15) is 22.3 Å². The number of rotatable bonds is 9. The summed E-state index contributed by atoms with van der Waals surface area (Å²) in [7, 11) is 1.13. The number of methoxy groups -OCH3 is 2. The Bertz CT molecular complexity index is 1190. The summed E-state index contributed by atoms with van der Waals surface area (Å²) in [4.78, 5) is 0.146. The molecule has 0 saturated carbocycles. The lowest BCUT2D eigenvalue weighted by Crippen LogP contribution is -2.15. The quantitative estimate of drug-likeness (QED) is 0.281. The molecule has 0 fully saturated rings. The minimum Gasteiger partial charge on any atom is -0.496 e. The zero-order chi connectivity index (χ0) is 27.0. The van der Waals surface area contributed by atoms with Crippen LogP contribution in [-0.2, 0) is 27.2 Å². The maximum absolute atomic E-state index is 11.3. The van der Waals surface area contributed by atoms with Crippen LogP contribution < -0.4 is 15.0 Å². The lowest BCUT2D eigenvalue weighted by molar-refractivity contribution is 0.231. The van der Waals surface area contributed by atoms with Gasteiger partial charge in [-0.3, -0.25) is 0 Å². The number of para-hydroxylation sites is 1. The van der Waals surface area contributed by atoms with E-state index >= 15 is 0 Å². The Labute approximate surface area is 216 Å². The lowest BCUT2D eigenvalue weighted by Gasteiger charge is -2.06. The number of aryl methyl sites for hydroxylation is 2.